The van der Waals surface area contributed by atoms with Gasteiger partial charge in [-0.05, 0) is 17.7 Å². The summed E-state index contributed by atoms with van der Waals surface area (Å²) in [4.78, 5) is 0. The van der Waals surface area contributed by atoms with Crippen molar-refractivity contribution < 1.29 is 5.11 Å². The Labute approximate surface area is 72.2 Å². The number of phenolic OH excluding ortho intramolecular Hbond substituents is 1. The van der Waals surface area contributed by atoms with Gasteiger partial charge >= 0.3 is 0 Å². The summed E-state index contributed by atoms with van der Waals surface area (Å²) in [6, 6.07) is 7.19. The largest absolute Gasteiger partial charge is 0.508 e. The monoisotopic (exact) mass is 166 g/mol. The number of hydrogen-bond acceptors (Lipinski definition) is 3. The van der Waals surface area contributed by atoms with Gasteiger partial charge in [0, 0.05) is 19.6 Å². The molecule has 3 heteroatoms. The molecule has 0 saturated heterocycles. The van der Waals surface area contributed by atoms with Crippen molar-refractivity contribution in [1.29, 1.82) is 0 Å². The molecule has 0 aliphatic heterocycles. The number of hydrogen-bond donors (Lipinski definition) is 3. The van der Waals surface area contributed by atoms with Crippen molar-refractivity contribution in [3.63, 3.8) is 0 Å². The summed E-state index contributed by atoms with van der Waals surface area (Å²) >= 11 is 0. The van der Waals surface area contributed by atoms with Crippen molar-refractivity contribution in [3.8, 4) is 5.75 Å². The normalized spacial score (nSPS) is 10.1. The highest BCUT2D eigenvalue weighted by molar-refractivity contribution is 5.26. The Morgan fingerprint density at radius 1 is 1.42 bits per heavy atom. The predicted molar refractivity (Wildman–Crippen MR) is 48.9 cm³/mol. The molecule has 1 aromatic carbocycles. The van der Waals surface area contributed by atoms with Crippen molar-refractivity contribution in [2.75, 3.05) is 13.1 Å². The highest BCUT2D eigenvalue weighted by Gasteiger charge is 1.92. The van der Waals surface area contributed by atoms with Crippen LogP contribution in [0.3, 0.4) is 0 Å². The van der Waals surface area contributed by atoms with Gasteiger partial charge in [0.15, 0.2) is 0 Å². The minimum Gasteiger partial charge on any atom is -0.508 e. The van der Waals surface area contributed by atoms with E-state index in [4.69, 9.17) is 10.8 Å². The van der Waals surface area contributed by atoms with Crippen LogP contribution in [0.5, 0.6) is 5.75 Å². The number of phenols is 1. The first-order valence-corrected chi connectivity index (χ1v) is 4.01. The molecule has 0 aliphatic rings. The molecule has 3 nitrogen and oxygen atoms in total. The third-order valence-corrected chi connectivity index (χ3v) is 1.56. The zero-order valence-electron chi connectivity index (χ0n) is 6.96. The van der Waals surface area contributed by atoms with Gasteiger partial charge in [0.2, 0.25) is 0 Å². The lowest BCUT2D eigenvalue weighted by Gasteiger charge is -2.02. The Balaban J connectivity index is 2.41. The molecule has 4 N–H and O–H groups in total. The summed E-state index contributed by atoms with van der Waals surface area (Å²) < 4.78 is 0. The zero-order chi connectivity index (χ0) is 8.81. The predicted octanol–water partition coefficient (Wildman–Crippen LogP) is 0.440. The maximum absolute atomic E-state index is 9.12. The fourth-order valence-electron chi connectivity index (χ4n) is 1.00. The summed E-state index contributed by atoms with van der Waals surface area (Å²) in [5.74, 6) is 0.307. The first-order chi connectivity index (χ1) is 5.83. The third-order valence-electron chi connectivity index (χ3n) is 1.56. The zero-order valence-corrected chi connectivity index (χ0v) is 6.96. The highest BCUT2D eigenvalue weighted by Crippen LogP contribution is 2.09. The Bertz CT molecular complexity index is 238. The van der Waals surface area contributed by atoms with Gasteiger partial charge in [-0.2, -0.15) is 0 Å². The van der Waals surface area contributed by atoms with Gasteiger partial charge in [0.05, 0.1) is 0 Å². The lowest BCUT2D eigenvalue weighted by molar-refractivity contribution is 0.474. The quantitative estimate of drug-likeness (QED) is 0.569. The highest BCUT2D eigenvalue weighted by atomic mass is 16.3. The van der Waals surface area contributed by atoms with Gasteiger partial charge in [-0.1, -0.05) is 12.1 Å². The van der Waals surface area contributed by atoms with E-state index < -0.39 is 0 Å². The second-order valence-corrected chi connectivity index (χ2v) is 2.64. The minimum absolute atomic E-state index is 0.307. The van der Waals surface area contributed by atoms with Crippen molar-refractivity contribution >= 4 is 0 Å². The molecule has 0 aromatic heterocycles. The molecule has 1 aromatic rings. The van der Waals surface area contributed by atoms with Crippen LogP contribution in [0.1, 0.15) is 5.56 Å². The van der Waals surface area contributed by atoms with Crippen LogP contribution < -0.4 is 11.1 Å². The Kier molecular flexibility index (Phi) is 3.57. The smallest absolute Gasteiger partial charge is 0.115 e. The van der Waals surface area contributed by atoms with E-state index in [0.29, 0.717) is 12.3 Å². The minimum atomic E-state index is 0.307. The second kappa shape index (κ2) is 4.74. The standard InChI is InChI=1S/C9H14N2O/c10-4-5-11-7-8-2-1-3-9(12)6-8/h1-3,6,11-12H,4-5,7,10H2. The summed E-state index contributed by atoms with van der Waals surface area (Å²) in [6.45, 7) is 2.19. The van der Waals surface area contributed by atoms with Gasteiger partial charge in [0.1, 0.15) is 5.75 Å². The molecule has 0 fully saturated rings. The van der Waals surface area contributed by atoms with E-state index in [9.17, 15) is 0 Å². The Morgan fingerprint density at radius 3 is 2.92 bits per heavy atom. The van der Waals surface area contributed by atoms with E-state index in [1.165, 1.54) is 0 Å². The molecule has 0 aliphatic carbocycles. The lowest BCUT2D eigenvalue weighted by Crippen LogP contribution is -2.21. The molecule has 66 valence electrons. The molecule has 0 saturated carbocycles. The van der Waals surface area contributed by atoms with Gasteiger partial charge in [-0.15, -0.1) is 0 Å². The van der Waals surface area contributed by atoms with E-state index in [1.54, 1.807) is 12.1 Å². The summed E-state index contributed by atoms with van der Waals surface area (Å²) in [6.07, 6.45) is 0. The molecule has 0 spiro atoms. The van der Waals surface area contributed by atoms with E-state index >= 15 is 0 Å². The van der Waals surface area contributed by atoms with Crippen LogP contribution in [0.15, 0.2) is 24.3 Å². The first-order valence-electron chi connectivity index (χ1n) is 4.01. The molecule has 12 heavy (non-hydrogen) atoms. The second-order valence-electron chi connectivity index (χ2n) is 2.64. The molecule has 0 radical (unpaired) electrons. The van der Waals surface area contributed by atoms with Gasteiger partial charge in [0.25, 0.3) is 0 Å². The fourth-order valence-corrected chi connectivity index (χ4v) is 1.00. The summed E-state index contributed by atoms with van der Waals surface area (Å²) in [7, 11) is 0. The summed E-state index contributed by atoms with van der Waals surface area (Å²) in [5, 5.41) is 12.3. The van der Waals surface area contributed by atoms with Crippen LogP contribution in [0.25, 0.3) is 0 Å². The van der Waals surface area contributed by atoms with Crippen molar-refractivity contribution in [2.45, 2.75) is 6.54 Å². The number of aromatic hydroxyl groups is 1. The molecule has 0 amide bonds. The molecule has 1 rings (SSSR count). The number of benzene rings is 1. The van der Waals surface area contributed by atoms with E-state index in [2.05, 4.69) is 5.32 Å². The van der Waals surface area contributed by atoms with Crippen molar-refractivity contribution in [1.82, 2.24) is 5.32 Å². The molecular formula is C9H14N2O. The Morgan fingerprint density at radius 2 is 2.25 bits per heavy atom. The van der Waals surface area contributed by atoms with Crippen LogP contribution in [0.4, 0.5) is 0 Å². The summed E-state index contributed by atoms with van der Waals surface area (Å²) in [5.41, 5.74) is 6.38. The van der Waals surface area contributed by atoms with Crippen molar-refractivity contribution in [3.05, 3.63) is 29.8 Å². The van der Waals surface area contributed by atoms with E-state index in [1.807, 2.05) is 12.1 Å². The van der Waals surface area contributed by atoms with Gasteiger partial charge in [-0.25, -0.2) is 0 Å². The molecular weight excluding hydrogens is 152 g/mol. The van der Waals surface area contributed by atoms with Crippen LogP contribution in [0, 0.1) is 0 Å². The number of nitrogens with two attached hydrogens (primary N) is 1. The maximum atomic E-state index is 9.12. The van der Waals surface area contributed by atoms with Crippen LogP contribution in [0.2, 0.25) is 0 Å². The number of rotatable bonds is 4. The van der Waals surface area contributed by atoms with Crippen LogP contribution in [-0.4, -0.2) is 18.2 Å². The molecule has 0 heterocycles. The van der Waals surface area contributed by atoms with Gasteiger partial charge in [-0.3, -0.25) is 0 Å². The molecule has 0 atom stereocenters. The van der Waals surface area contributed by atoms with E-state index in [0.717, 1.165) is 18.7 Å². The fraction of sp³-hybridized carbons (Fsp3) is 0.333. The first kappa shape index (κ1) is 9.03. The topological polar surface area (TPSA) is 58.3 Å². The van der Waals surface area contributed by atoms with Crippen LogP contribution in [-0.2, 0) is 6.54 Å². The molecule has 0 unspecified atom stereocenters. The Hall–Kier alpha value is -1.06. The van der Waals surface area contributed by atoms with Crippen LogP contribution >= 0.6 is 0 Å². The van der Waals surface area contributed by atoms with Crippen molar-refractivity contribution in [2.24, 2.45) is 5.73 Å². The van der Waals surface area contributed by atoms with Gasteiger partial charge < -0.3 is 16.2 Å². The lowest BCUT2D eigenvalue weighted by atomic mass is 10.2. The van der Waals surface area contributed by atoms with E-state index in [-0.39, 0.29) is 0 Å². The number of nitrogens with one attached hydrogen (secondary N) is 1. The average Bonchev–Trinajstić information content (AvgIpc) is 2.05. The molecule has 0 bridgehead atoms. The average molecular weight is 166 g/mol. The third kappa shape index (κ3) is 2.90. The maximum Gasteiger partial charge on any atom is 0.115 e. The SMILES string of the molecule is NCCNCc1cccc(O)c1.